The van der Waals surface area contributed by atoms with Gasteiger partial charge < -0.3 is 5.32 Å². The molecular weight excluding hydrogens is 374 g/mol. The lowest BCUT2D eigenvalue weighted by atomic mass is 9.97. The van der Waals surface area contributed by atoms with Gasteiger partial charge in [-0.15, -0.1) is 0 Å². The van der Waals surface area contributed by atoms with Crippen molar-refractivity contribution in [3.63, 3.8) is 0 Å². The fourth-order valence-electron chi connectivity index (χ4n) is 5.13. The zero-order valence-corrected chi connectivity index (χ0v) is 19.0. The van der Waals surface area contributed by atoms with Crippen LogP contribution in [0.3, 0.4) is 0 Å². The maximum absolute atomic E-state index is 12.7. The Balaban J connectivity index is 1.32. The normalized spacial score (nSPS) is 24.4. The lowest BCUT2D eigenvalue weighted by Crippen LogP contribution is -2.52. The maximum Gasteiger partial charge on any atom is 0.271 e. The van der Waals surface area contributed by atoms with E-state index in [0.717, 1.165) is 19.6 Å². The highest BCUT2D eigenvalue weighted by molar-refractivity contribution is 5.92. The molecule has 1 aromatic heterocycles. The van der Waals surface area contributed by atoms with Crippen LogP contribution in [0.15, 0.2) is 24.4 Å². The zero-order valence-electron chi connectivity index (χ0n) is 19.0. The Morgan fingerprint density at radius 1 is 1.03 bits per heavy atom. The van der Waals surface area contributed by atoms with E-state index in [1.165, 1.54) is 51.7 Å². The summed E-state index contributed by atoms with van der Waals surface area (Å²) in [6.07, 6.45) is 8.02. The van der Waals surface area contributed by atoms with Crippen molar-refractivity contribution in [2.24, 2.45) is 5.92 Å². The first-order valence-corrected chi connectivity index (χ1v) is 11.9. The molecule has 3 fully saturated rings. The van der Waals surface area contributed by atoms with Crippen LogP contribution < -0.4 is 5.32 Å². The van der Waals surface area contributed by atoms with Crippen molar-refractivity contribution in [1.29, 1.82) is 0 Å². The minimum absolute atomic E-state index is 0.0387. The molecule has 30 heavy (non-hydrogen) atoms. The van der Waals surface area contributed by atoms with E-state index in [2.05, 4.69) is 45.8 Å². The van der Waals surface area contributed by atoms with Crippen LogP contribution >= 0.6 is 0 Å². The number of hydrogen-bond acceptors (Lipinski definition) is 5. The third-order valence-corrected chi connectivity index (χ3v) is 7.13. The third kappa shape index (κ3) is 5.40. The molecule has 0 radical (unpaired) electrons. The summed E-state index contributed by atoms with van der Waals surface area (Å²) in [4.78, 5) is 24.8. The molecule has 3 aliphatic rings. The molecule has 3 heterocycles. The van der Waals surface area contributed by atoms with Crippen molar-refractivity contribution in [2.45, 2.75) is 70.6 Å². The molecule has 4 rings (SSSR count). The average molecular weight is 414 g/mol. The molecule has 6 nitrogen and oxygen atoms in total. The van der Waals surface area contributed by atoms with Crippen LogP contribution in [0, 0.1) is 5.92 Å². The Morgan fingerprint density at radius 3 is 2.43 bits per heavy atom. The predicted octanol–water partition coefficient (Wildman–Crippen LogP) is 2.82. The summed E-state index contributed by atoms with van der Waals surface area (Å²) < 4.78 is 0. The lowest BCUT2D eigenvalue weighted by molar-refractivity contribution is 0.0556. The predicted molar refractivity (Wildman–Crippen MR) is 120 cm³/mol. The summed E-state index contributed by atoms with van der Waals surface area (Å²) in [6.45, 7) is 13.8. The standard InChI is InChI=1S/C24H39N5O/c1-24(2,3)29-15-10-20(11-16-29)27-13-6-14-28(18-17-27)22(19-8-9-19)26-23(30)21-7-4-5-12-25-21/h4-5,7,12,19-20,22H,6,8-11,13-18H2,1-3H3,(H,26,30). The Bertz CT molecular complexity index is 691. The smallest absolute Gasteiger partial charge is 0.271 e. The highest BCUT2D eigenvalue weighted by Gasteiger charge is 2.38. The first-order chi connectivity index (χ1) is 14.4. The molecule has 1 N–H and O–H groups in total. The van der Waals surface area contributed by atoms with E-state index in [4.69, 9.17) is 0 Å². The van der Waals surface area contributed by atoms with Crippen LogP contribution in [0.5, 0.6) is 0 Å². The summed E-state index contributed by atoms with van der Waals surface area (Å²) in [5.41, 5.74) is 0.800. The largest absolute Gasteiger partial charge is 0.335 e. The van der Waals surface area contributed by atoms with Crippen LogP contribution in [0.4, 0.5) is 0 Å². The maximum atomic E-state index is 12.7. The first kappa shape index (κ1) is 21.7. The van der Waals surface area contributed by atoms with Crippen LogP contribution in [-0.4, -0.2) is 82.6 Å². The monoisotopic (exact) mass is 413 g/mol. The molecule has 1 amide bonds. The number of pyridine rings is 1. The van der Waals surface area contributed by atoms with E-state index < -0.39 is 0 Å². The van der Waals surface area contributed by atoms with E-state index in [-0.39, 0.29) is 17.6 Å². The van der Waals surface area contributed by atoms with Crippen molar-refractivity contribution in [3.05, 3.63) is 30.1 Å². The molecule has 0 bridgehead atoms. The van der Waals surface area contributed by atoms with Gasteiger partial charge in [-0.25, -0.2) is 0 Å². The Kier molecular flexibility index (Phi) is 6.75. The number of amides is 1. The van der Waals surface area contributed by atoms with Gasteiger partial charge in [-0.3, -0.25) is 24.5 Å². The molecule has 1 aliphatic carbocycles. The SMILES string of the molecule is CC(C)(C)N1CCC(N2CCCN(C(NC(=O)c3ccccn3)C3CC3)CC2)CC1. The molecule has 1 saturated carbocycles. The number of carbonyl (C=O) groups excluding carboxylic acids is 1. The average Bonchev–Trinajstić information content (AvgIpc) is 3.59. The van der Waals surface area contributed by atoms with E-state index in [9.17, 15) is 4.79 Å². The zero-order chi connectivity index (χ0) is 21.1. The lowest BCUT2D eigenvalue weighted by Gasteiger charge is -2.43. The molecule has 2 saturated heterocycles. The highest BCUT2D eigenvalue weighted by atomic mass is 16.2. The van der Waals surface area contributed by atoms with Gasteiger partial charge >= 0.3 is 0 Å². The van der Waals surface area contributed by atoms with Gasteiger partial charge in [0.15, 0.2) is 0 Å². The Morgan fingerprint density at radius 2 is 1.80 bits per heavy atom. The number of nitrogens with one attached hydrogen (secondary N) is 1. The summed E-state index contributed by atoms with van der Waals surface area (Å²) in [7, 11) is 0. The summed E-state index contributed by atoms with van der Waals surface area (Å²) in [6, 6.07) is 6.24. The fraction of sp³-hybridized carbons (Fsp3) is 0.750. The van der Waals surface area contributed by atoms with Crippen molar-refractivity contribution in [1.82, 2.24) is 25.0 Å². The van der Waals surface area contributed by atoms with Gasteiger partial charge in [0.25, 0.3) is 5.91 Å². The highest BCUT2D eigenvalue weighted by Crippen LogP contribution is 2.35. The number of piperidine rings is 1. The molecule has 0 spiro atoms. The topological polar surface area (TPSA) is 51.7 Å². The molecule has 0 aromatic carbocycles. The van der Waals surface area contributed by atoms with Gasteiger partial charge in [0.05, 0.1) is 6.17 Å². The van der Waals surface area contributed by atoms with Gasteiger partial charge in [0, 0.05) is 50.5 Å². The molecule has 6 heteroatoms. The number of aromatic nitrogens is 1. The molecular formula is C24H39N5O. The Labute approximate surface area is 182 Å². The second-order valence-corrected chi connectivity index (χ2v) is 10.3. The second kappa shape index (κ2) is 9.33. The van der Waals surface area contributed by atoms with Gasteiger partial charge in [-0.1, -0.05) is 6.07 Å². The van der Waals surface area contributed by atoms with Crippen LogP contribution in [0.25, 0.3) is 0 Å². The van der Waals surface area contributed by atoms with Crippen LogP contribution in [-0.2, 0) is 0 Å². The number of rotatable bonds is 5. The van der Waals surface area contributed by atoms with E-state index in [1.54, 1.807) is 12.3 Å². The van der Waals surface area contributed by atoms with E-state index in [0.29, 0.717) is 17.7 Å². The number of likely N-dealkylation sites (tertiary alicyclic amines) is 1. The van der Waals surface area contributed by atoms with E-state index in [1.807, 2.05) is 12.1 Å². The minimum Gasteiger partial charge on any atom is -0.335 e. The quantitative estimate of drug-likeness (QED) is 0.804. The molecule has 1 aromatic rings. The summed E-state index contributed by atoms with van der Waals surface area (Å²) in [5.74, 6) is 0.558. The van der Waals surface area contributed by atoms with Crippen LogP contribution in [0.1, 0.15) is 63.4 Å². The number of carbonyl (C=O) groups is 1. The molecule has 2 aliphatic heterocycles. The van der Waals surface area contributed by atoms with Gasteiger partial charge in [-0.2, -0.15) is 0 Å². The van der Waals surface area contributed by atoms with Gasteiger partial charge in [0.2, 0.25) is 0 Å². The number of hydrogen-bond donors (Lipinski definition) is 1. The van der Waals surface area contributed by atoms with Crippen molar-refractivity contribution < 1.29 is 4.79 Å². The van der Waals surface area contributed by atoms with Gasteiger partial charge in [0.1, 0.15) is 5.69 Å². The number of nitrogens with zero attached hydrogens (tertiary/aromatic N) is 4. The molecule has 1 unspecified atom stereocenters. The summed E-state index contributed by atoms with van der Waals surface area (Å²) >= 11 is 0. The van der Waals surface area contributed by atoms with Gasteiger partial charge in [-0.05, 0) is 77.5 Å². The first-order valence-electron chi connectivity index (χ1n) is 11.9. The fourth-order valence-corrected chi connectivity index (χ4v) is 5.13. The van der Waals surface area contributed by atoms with Crippen LogP contribution in [0.2, 0.25) is 0 Å². The van der Waals surface area contributed by atoms with Crippen molar-refractivity contribution >= 4 is 5.91 Å². The molecule has 1 atom stereocenters. The van der Waals surface area contributed by atoms with Crippen molar-refractivity contribution in [2.75, 3.05) is 39.3 Å². The Hall–Kier alpha value is -1.50. The van der Waals surface area contributed by atoms with E-state index >= 15 is 0 Å². The minimum atomic E-state index is -0.0387. The second-order valence-electron chi connectivity index (χ2n) is 10.3. The molecule has 166 valence electrons. The van der Waals surface area contributed by atoms with Crippen molar-refractivity contribution in [3.8, 4) is 0 Å². The summed E-state index contributed by atoms with van der Waals surface area (Å²) in [5, 5.41) is 3.31. The third-order valence-electron chi connectivity index (χ3n) is 7.13.